The molecule has 130 valence electrons. The minimum absolute atomic E-state index is 0.0255. The molecule has 0 amide bonds. The van der Waals surface area contributed by atoms with E-state index in [1.165, 1.54) is 5.56 Å². The molecule has 0 fully saturated rings. The van der Waals surface area contributed by atoms with Crippen LogP contribution in [0.25, 0.3) is 0 Å². The maximum Gasteiger partial charge on any atom is 0.172 e. The Morgan fingerprint density at radius 3 is 2.72 bits per heavy atom. The third-order valence-electron chi connectivity index (χ3n) is 4.50. The number of para-hydroxylation sites is 1. The molecule has 0 aromatic heterocycles. The molecule has 0 radical (unpaired) electrons. The smallest absolute Gasteiger partial charge is 0.172 e. The predicted octanol–water partition coefficient (Wildman–Crippen LogP) is 4.13. The van der Waals surface area contributed by atoms with Crippen molar-refractivity contribution >= 4 is 17.2 Å². The highest BCUT2D eigenvalue weighted by molar-refractivity contribution is 6.17. The first kappa shape index (κ1) is 17.2. The number of carbonyl (C=O) groups excluding carboxylic acids is 1. The molecule has 4 heteroatoms. The number of ketones is 1. The normalized spacial score (nSPS) is 15.1. The molecule has 0 spiro atoms. The van der Waals surface area contributed by atoms with Gasteiger partial charge in [-0.1, -0.05) is 18.2 Å². The zero-order chi connectivity index (χ0) is 18.0. The predicted molar refractivity (Wildman–Crippen MR) is 102 cm³/mol. The third-order valence-corrected chi connectivity index (χ3v) is 4.50. The molecule has 0 bridgehead atoms. The lowest BCUT2D eigenvalue weighted by molar-refractivity contribution is 0.0997. The van der Waals surface area contributed by atoms with Gasteiger partial charge in [0.25, 0.3) is 0 Å². The molecule has 0 unspecified atom stereocenters. The van der Waals surface area contributed by atoms with E-state index in [-0.39, 0.29) is 17.7 Å². The van der Waals surface area contributed by atoms with Gasteiger partial charge >= 0.3 is 0 Å². The van der Waals surface area contributed by atoms with Crippen LogP contribution < -0.4 is 10.1 Å². The van der Waals surface area contributed by atoms with Crippen LogP contribution in [0.3, 0.4) is 0 Å². The maximum absolute atomic E-state index is 12.9. The molecule has 1 aliphatic heterocycles. The van der Waals surface area contributed by atoms with Crippen molar-refractivity contribution < 1.29 is 9.53 Å². The van der Waals surface area contributed by atoms with Gasteiger partial charge in [-0.3, -0.25) is 9.79 Å². The molecule has 4 nitrogen and oxygen atoms in total. The number of hydrogen-bond donors (Lipinski definition) is 1. The molecule has 3 rings (SSSR count). The molecule has 0 saturated heterocycles. The van der Waals surface area contributed by atoms with Crippen molar-refractivity contribution in [1.29, 1.82) is 0 Å². The van der Waals surface area contributed by atoms with Crippen LogP contribution in [0.1, 0.15) is 41.8 Å². The quantitative estimate of drug-likeness (QED) is 0.835. The van der Waals surface area contributed by atoms with Crippen molar-refractivity contribution in [2.24, 2.45) is 4.99 Å². The second-order valence-electron chi connectivity index (χ2n) is 6.97. The van der Waals surface area contributed by atoms with Crippen LogP contribution in [0.2, 0.25) is 0 Å². The Bertz CT molecular complexity index is 838. The largest absolute Gasteiger partial charge is 0.496 e. The van der Waals surface area contributed by atoms with E-state index in [9.17, 15) is 4.79 Å². The molecular weight excluding hydrogens is 312 g/mol. The molecule has 1 heterocycles. The molecular formula is C21H24N2O2. The maximum atomic E-state index is 12.9. The van der Waals surface area contributed by atoms with E-state index < -0.39 is 0 Å². The molecule has 1 N–H and O–H groups in total. The second kappa shape index (κ2) is 6.71. The number of Topliss-reactive ketones (excluding diaryl/α,β-unsaturated/α-hetero) is 1. The number of nitrogens with zero attached hydrogens (tertiary/aromatic N) is 1. The fourth-order valence-corrected chi connectivity index (χ4v) is 3.37. The summed E-state index contributed by atoms with van der Waals surface area (Å²) in [6.45, 7) is 4.21. The van der Waals surface area contributed by atoms with Crippen LogP contribution in [-0.4, -0.2) is 31.2 Å². The lowest BCUT2D eigenvalue weighted by Gasteiger charge is -2.29. The summed E-state index contributed by atoms with van der Waals surface area (Å²) in [6.07, 6.45) is 1.14. The van der Waals surface area contributed by atoms with E-state index in [0.717, 1.165) is 23.4 Å². The van der Waals surface area contributed by atoms with Crippen molar-refractivity contribution in [3.8, 4) is 5.75 Å². The third kappa shape index (κ3) is 3.58. The van der Waals surface area contributed by atoms with Crippen molar-refractivity contribution in [3.05, 3.63) is 59.2 Å². The van der Waals surface area contributed by atoms with E-state index in [1.54, 1.807) is 13.2 Å². The Balaban J connectivity index is 1.96. The Morgan fingerprint density at radius 1 is 1.24 bits per heavy atom. The van der Waals surface area contributed by atoms with Crippen molar-refractivity contribution in [2.45, 2.75) is 32.2 Å². The van der Waals surface area contributed by atoms with Crippen LogP contribution in [0.15, 0.2) is 47.5 Å². The fraction of sp³-hybridized carbons (Fsp3) is 0.333. The first-order valence-electron chi connectivity index (χ1n) is 8.49. The number of aliphatic imine (C=N–C) groups is 1. The number of rotatable bonds is 5. The molecule has 0 atom stereocenters. The number of methoxy groups -OCH3 is 1. The zero-order valence-corrected chi connectivity index (χ0v) is 15.2. The molecule has 0 aliphatic carbocycles. The summed E-state index contributed by atoms with van der Waals surface area (Å²) in [4.78, 5) is 17.7. The number of hydrogen-bond acceptors (Lipinski definition) is 4. The van der Waals surface area contributed by atoms with E-state index in [2.05, 4.69) is 31.3 Å². The Kier molecular flexibility index (Phi) is 4.62. The van der Waals surface area contributed by atoms with Gasteiger partial charge in [-0.25, -0.2) is 0 Å². The topological polar surface area (TPSA) is 50.7 Å². The minimum atomic E-state index is -0.213. The van der Waals surface area contributed by atoms with Crippen LogP contribution in [0.5, 0.6) is 5.75 Å². The molecule has 1 aliphatic rings. The minimum Gasteiger partial charge on any atom is -0.496 e. The lowest BCUT2D eigenvalue weighted by atomic mass is 9.85. The molecule has 2 aromatic carbocycles. The summed E-state index contributed by atoms with van der Waals surface area (Å²) in [7, 11) is 3.50. The van der Waals surface area contributed by atoms with E-state index in [0.29, 0.717) is 11.3 Å². The first-order chi connectivity index (χ1) is 11.9. The lowest BCUT2D eigenvalue weighted by Crippen LogP contribution is -2.30. The molecule has 0 saturated carbocycles. The van der Waals surface area contributed by atoms with Crippen molar-refractivity contribution in [1.82, 2.24) is 0 Å². The van der Waals surface area contributed by atoms with Gasteiger partial charge in [0.15, 0.2) is 5.78 Å². The zero-order valence-electron chi connectivity index (χ0n) is 15.2. The first-order valence-corrected chi connectivity index (χ1v) is 8.49. The van der Waals surface area contributed by atoms with Gasteiger partial charge in [0, 0.05) is 12.7 Å². The summed E-state index contributed by atoms with van der Waals surface area (Å²) in [5, 5.41) is 3.18. The standard InChI is InChI=1S/C21H24N2O2/c1-21(2)13-14-11-15(22-3)9-10-16(14)18(23-21)12-19(24)17-7-5-6-8-20(17)25-4/h5-11,22H,12-13H2,1-4H3. The Labute approximate surface area is 148 Å². The number of benzene rings is 2. The van der Waals surface area contributed by atoms with E-state index in [4.69, 9.17) is 9.73 Å². The number of fused-ring (bicyclic) bond motifs is 1. The highest BCUT2D eigenvalue weighted by atomic mass is 16.5. The van der Waals surface area contributed by atoms with Crippen molar-refractivity contribution in [3.63, 3.8) is 0 Å². The van der Waals surface area contributed by atoms with Gasteiger partial charge in [-0.15, -0.1) is 0 Å². The summed E-state index contributed by atoms with van der Waals surface area (Å²) in [6, 6.07) is 13.6. The SMILES string of the molecule is CNc1ccc2c(c1)CC(C)(C)N=C2CC(=O)c1ccccc1OC. The van der Waals surface area contributed by atoms with Crippen LogP contribution in [0, 0.1) is 0 Å². The highest BCUT2D eigenvalue weighted by Crippen LogP contribution is 2.31. The van der Waals surface area contributed by atoms with Gasteiger partial charge in [0.05, 0.1) is 30.3 Å². The Hall–Kier alpha value is -2.62. The van der Waals surface area contributed by atoms with E-state index >= 15 is 0 Å². The van der Waals surface area contributed by atoms with E-state index in [1.807, 2.05) is 31.3 Å². The molecule has 25 heavy (non-hydrogen) atoms. The summed E-state index contributed by atoms with van der Waals surface area (Å²) in [5.41, 5.74) is 4.62. The average Bonchev–Trinajstić information content (AvgIpc) is 2.60. The van der Waals surface area contributed by atoms with Gasteiger partial charge in [0.2, 0.25) is 0 Å². The van der Waals surface area contributed by atoms with Gasteiger partial charge in [-0.2, -0.15) is 0 Å². The number of ether oxygens (including phenoxy) is 1. The Morgan fingerprint density at radius 2 is 2.00 bits per heavy atom. The monoisotopic (exact) mass is 336 g/mol. The van der Waals surface area contributed by atoms with Gasteiger partial charge in [0.1, 0.15) is 5.75 Å². The number of anilines is 1. The summed E-state index contributed by atoms with van der Waals surface area (Å²) in [5.74, 6) is 0.631. The summed E-state index contributed by atoms with van der Waals surface area (Å²) < 4.78 is 5.33. The van der Waals surface area contributed by atoms with Crippen LogP contribution >= 0.6 is 0 Å². The average molecular weight is 336 g/mol. The van der Waals surface area contributed by atoms with Crippen LogP contribution in [0.4, 0.5) is 5.69 Å². The number of nitrogens with one attached hydrogen (secondary N) is 1. The highest BCUT2D eigenvalue weighted by Gasteiger charge is 2.28. The van der Waals surface area contributed by atoms with Crippen molar-refractivity contribution in [2.75, 3.05) is 19.5 Å². The van der Waals surface area contributed by atoms with Gasteiger partial charge < -0.3 is 10.1 Å². The summed E-state index contributed by atoms with van der Waals surface area (Å²) >= 11 is 0. The fourth-order valence-electron chi connectivity index (χ4n) is 3.37. The second-order valence-corrected chi connectivity index (χ2v) is 6.97. The number of carbonyl (C=O) groups is 1. The van der Waals surface area contributed by atoms with Gasteiger partial charge in [-0.05, 0) is 55.7 Å². The van der Waals surface area contributed by atoms with Crippen LogP contribution in [-0.2, 0) is 6.42 Å². The molecule has 2 aromatic rings.